The molecule has 0 spiro atoms. The summed E-state index contributed by atoms with van der Waals surface area (Å²) in [6, 6.07) is 7.14. The Kier molecular flexibility index (Phi) is 5.13. The van der Waals surface area contributed by atoms with Crippen molar-refractivity contribution >= 4 is 23.2 Å². The number of carbonyl (C=O) groups is 2. The number of carbonyl (C=O) groups excluding carboxylic acids is 2. The van der Waals surface area contributed by atoms with Gasteiger partial charge in [-0.2, -0.15) is 0 Å². The number of nitrogens with one attached hydrogen (secondary N) is 2. The Balaban J connectivity index is 2.64. The van der Waals surface area contributed by atoms with E-state index in [4.69, 9.17) is 5.11 Å². The minimum atomic E-state index is -0.765. The van der Waals surface area contributed by atoms with Crippen LogP contribution >= 0.6 is 0 Å². The average Bonchev–Trinajstić information content (AvgIpc) is 2.36. The quantitative estimate of drug-likeness (QED) is 0.647. The Hall–Kier alpha value is -2.08. The standard InChI is InChI=1S/C12H17N3O3/c1-15(2)10-5-3-4-9(8-10)14-12(18)11(17)13-6-7-16/h3-5,8,16H,6-7H2,1-2H3,(H,13,17)(H,14,18). The summed E-state index contributed by atoms with van der Waals surface area (Å²) in [5.74, 6) is -1.52. The van der Waals surface area contributed by atoms with Crippen LogP contribution in [-0.2, 0) is 9.59 Å². The van der Waals surface area contributed by atoms with E-state index >= 15 is 0 Å². The van der Waals surface area contributed by atoms with Crippen molar-refractivity contribution in [1.29, 1.82) is 0 Å². The molecule has 0 aromatic heterocycles. The van der Waals surface area contributed by atoms with Gasteiger partial charge in [0, 0.05) is 32.0 Å². The fraction of sp³-hybridized carbons (Fsp3) is 0.333. The molecule has 0 atom stereocenters. The van der Waals surface area contributed by atoms with Gasteiger partial charge in [-0.15, -0.1) is 0 Å². The summed E-state index contributed by atoms with van der Waals surface area (Å²) in [6.07, 6.45) is 0. The fourth-order valence-corrected chi connectivity index (χ4v) is 1.30. The van der Waals surface area contributed by atoms with Crippen LogP contribution in [0.3, 0.4) is 0 Å². The van der Waals surface area contributed by atoms with E-state index < -0.39 is 11.8 Å². The molecule has 0 aliphatic rings. The lowest BCUT2D eigenvalue weighted by atomic mass is 10.2. The van der Waals surface area contributed by atoms with Crippen LogP contribution in [0, 0.1) is 0 Å². The number of hydrogen-bond acceptors (Lipinski definition) is 4. The van der Waals surface area contributed by atoms with Crippen molar-refractivity contribution < 1.29 is 14.7 Å². The molecule has 1 rings (SSSR count). The van der Waals surface area contributed by atoms with Gasteiger partial charge in [-0.3, -0.25) is 9.59 Å². The molecule has 6 nitrogen and oxygen atoms in total. The van der Waals surface area contributed by atoms with Gasteiger partial charge in [0.1, 0.15) is 0 Å². The third-order valence-corrected chi connectivity index (χ3v) is 2.22. The molecule has 0 unspecified atom stereocenters. The minimum Gasteiger partial charge on any atom is -0.395 e. The molecule has 0 aliphatic carbocycles. The first kappa shape index (κ1) is 14.0. The van der Waals surface area contributed by atoms with E-state index in [0.29, 0.717) is 5.69 Å². The summed E-state index contributed by atoms with van der Waals surface area (Å²) in [5.41, 5.74) is 1.47. The van der Waals surface area contributed by atoms with Crippen LogP contribution in [0.5, 0.6) is 0 Å². The first-order valence-electron chi connectivity index (χ1n) is 5.52. The SMILES string of the molecule is CN(C)c1cccc(NC(=O)C(=O)NCCO)c1. The van der Waals surface area contributed by atoms with Gasteiger partial charge < -0.3 is 20.6 Å². The topological polar surface area (TPSA) is 81.7 Å². The van der Waals surface area contributed by atoms with Crippen LogP contribution in [0.25, 0.3) is 0 Å². The van der Waals surface area contributed by atoms with E-state index in [0.717, 1.165) is 5.69 Å². The molecule has 98 valence electrons. The van der Waals surface area contributed by atoms with Crippen LogP contribution in [0.15, 0.2) is 24.3 Å². The molecule has 0 heterocycles. The number of aliphatic hydroxyl groups excluding tert-OH is 1. The average molecular weight is 251 g/mol. The molecule has 3 N–H and O–H groups in total. The summed E-state index contributed by atoms with van der Waals surface area (Å²) in [6.45, 7) is -0.140. The number of anilines is 2. The van der Waals surface area contributed by atoms with Crippen molar-refractivity contribution in [3.8, 4) is 0 Å². The van der Waals surface area contributed by atoms with E-state index in [1.165, 1.54) is 0 Å². The fourth-order valence-electron chi connectivity index (χ4n) is 1.30. The Morgan fingerprint density at radius 1 is 1.28 bits per heavy atom. The Morgan fingerprint density at radius 3 is 2.61 bits per heavy atom. The normalized spacial score (nSPS) is 9.72. The summed E-state index contributed by atoms with van der Waals surface area (Å²) in [5, 5.41) is 13.3. The molecule has 0 aliphatic heterocycles. The smallest absolute Gasteiger partial charge is 0.313 e. The summed E-state index contributed by atoms with van der Waals surface area (Å²) in [7, 11) is 3.77. The third kappa shape index (κ3) is 4.06. The second kappa shape index (κ2) is 6.61. The van der Waals surface area contributed by atoms with Crippen molar-refractivity contribution in [2.24, 2.45) is 0 Å². The molecular weight excluding hydrogens is 234 g/mol. The lowest BCUT2D eigenvalue weighted by Gasteiger charge is -2.13. The highest BCUT2D eigenvalue weighted by molar-refractivity contribution is 6.39. The maximum Gasteiger partial charge on any atom is 0.313 e. The highest BCUT2D eigenvalue weighted by atomic mass is 16.3. The number of amides is 2. The van der Waals surface area contributed by atoms with Gasteiger partial charge in [-0.05, 0) is 18.2 Å². The lowest BCUT2D eigenvalue weighted by molar-refractivity contribution is -0.136. The first-order valence-corrected chi connectivity index (χ1v) is 5.52. The second-order valence-corrected chi connectivity index (χ2v) is 3.88. The van der Waals surface area contributed by atoms with E-state index in [1.54, 1.807) is 18.2 Å². The predicted octanol–water partition coefficient (Wildman–Crippen LogP) is -0.200. The molecule has 2 amide bonds. The van der Waals surface area contributed by atoms with Crippen LogP contribution in [0.4, 0.5) is 11.4 Å². The van der Waals surface area contributed by atoms with Crippen molar-refractivity contribution in [2.45, 2.75) is 0 Å². The summed E-state index contributed by atoms with van der Waals surface area (Å²) >= 11 is 0. The highest BCUT2D eigenvalue weighted by Crippen LogP contribution is 2.16. The van der Waals surface area contributed by atoms with Crippen LogP contribution < -0.4 is 15.5 Å². The molecule has 0 bridgehead atoms. The molecule has 0 saturated heterocycles. The number of nitrogens with zero attached hydrogens (tertiary/aromatic N) is 1. The van der Waals surface area contributed by atoms with Gasteiger partial charge in [0.2, 0.25) is 0 Å². The maximum atomic E-state index is 11.5. The zero-order valence-corrected chi connectivity index (χ0v) is 10.4. The van der Waals surface area contributed by atoms with Crippen molar-refractivity contribution in [3.63, 3.8) is 0 Å². The zero-order valence-electron chi connectivity index (χ0n) is 10.4. The van der Waals surface area contributed by atoms with Crippen LogP contribution in [-0.4, -0.2) is 44.2 Å². The second-order valence-electron chi connectivity index (χ2n) is 3.88. The first-order chi connectivity index (χ1) is 8.54. The van der Waals surface area contributed by atoms with E-state index in [-0.39, 0.29) is 13.2 Å². The maximum absolute atomic E-state index is 11.5. The summed E-state index contributed by atoms with van der Waals surface area (Å²) < 4.78 is 0. The van der Waals surface area contributed by atoms with Crippen LogP contribution in [0.1, 0.15) is 0 Å². The lowest BCUT2D eigenvalue weighted by Crippen LogP contribution is -2.36. The Bertz CT molecular complexity index is 432. The monoisotopic (exact) mass is 251 g/mol. The van der Waals surface area contributed by atoms with Gasteiger partial charge in [0.15, 0.2) is 0 Å². The van der Waals surface area contributed by atoms with Gasteiger partial charge in [-0.25, -0.2) is 0 Å². The highest BCUT2D eigenvalue weighted by Gasteiger charge is 2.12. The van der Waals surface area contributed by atoms with Crippen molar-refractivity contribution in [2.75, 3.05) is 37.5 Å². The molecular formula is C12H17N3O3. The summed E-state index contributed by atoms with van der Waals surface area (Å²) in [4.78, 5) is 24.7. The molecule has 18 heavy (non-hydrogen) atoms. The largest absolute Gasteiger partial charge is 0.395 e. The number of benzene rings is 1. The zero-order chi connectivity index (χ0) is 13.5. The molecule has 0 fully saturated rings. The molecule has 0 saturated carbocycles. The number of rotatable bonds is 4. The number of hydrogen-bond donors (Lipinski definition) is 3. The number of aliphatic hydroxyl groups is 1. The van der Waals surface area contributed by atoms with Gasteiger partial charge in [0.05, 0.1) is 6.61 Å². The van der Waals surface area contributed by atoms with Gasteiger partial charge in [0.25, 0.3) is 0 Å². The Morgan fingerprint density at radius 2 is 2.00 bits per heavy atom. The molecule has 1 aromatic carbocycles. The van der Waals surface area contributed by atoms with Gasteiger partial charge >= 0.3 is 11.8 Å². The third-order valence-electron chi connectivity index (χ3n) is 2.22. The Labute approximate surface area is 106 Å². The van der Waals surface area contributed by atoms with Crippen LogP contribution in [0.2, 0.25) is 0 Å². The molecule has 6 heteroatoms. The van der Waals surface area contributed by atoms with Crippen molar-refractivity contribution in [3.05, 3.63) is 24.3 Å². The van der Waals surface area contributed by atoms with E-state index in [2.05, 4.69) is 10.6 Å². The van der Waals surface area contributed by atoms with Crippen molar-refractivity contribution in [1.82, 2.24) is 5.32 Å². The molecule has 1 aromatic rings. The molecule has 0 radical (unpaired) electrons. The van der Waals surface area contributed by atoms with E-state index in [9.17, 15) is 9.59 Å². The van der Waals surface area contributed by atoms with Gasteiger partial charge in [-0.1, -0.05) is 6.07 Å². The minimum absolute atomic E-state index is 0.0595. The van der Waals surface area contributed by atoms with E-state index in [1.807, 2.05) is 25.1 Å². The predicted molar refractivity (Wildman–Crippen MR) is 69.5 cm³/mol.